The number of halogens is 1. The number of hydrogen-bond donors (Lipinski definition) is 1. The van der Waals surface area contributed by atoms with Crippen molar-refractivity contribution in [2.75, 3.05) is 25.0 Å². The molecule has 1 aliphatic carbocycles. The van der Waals surface area contributed by atoms with Crippen LogP contribution in [-0.4, -0.2) is 42.4 Å². The maximum atomic E-state index is 13.8. The fourth-order valence-corrected chi connectivity index (χ4v) is 3.50. The number of nitrogens with zero attached hydrogens (tertiary/aromatic N) is 1. The van der Waals surface area contributed by atoms with Crippen LogP contribution >= 0.6 is 0 Å². The Balaban J connectivity index is 1.76. The SMILES string of the molecule is CCOC(=O)C1CCCN(C(=O)c2cc(F)ccc2NC(=O)C2CC2C)C1. The molecule has 3 unspecified atom stereocenters. The van der Waals surface area contributed by atoms with Crippen LogP contribution in [0.3, 0.4) is 0 Å². The van der Waals surface area contributed by atoms with Crippen LogP contribution in [0.25, 0.3) is 0 Å². The number of esters is 1. The first-order valence-corrected chi connectivity index (χ1v) is 9.47. The molecule has 1 aromatic rings. The van der Waals surface area contributed by atoms with Crippen molar-refractivity contribution < 1.29 is 23.5 Å². The van der Waals surface area contributed by atoms with Gasteiger partial charge in [-0.25, -0.2) is 4.39 Å². The van der Waals surface area contributed by atoms with Crippen molar-refractivity contribution >= 4 is 23.5 Å². The van der Waals surface area contributed by atoms with E-state index in [9.17, 15) is 18.8 Å². The smallest absolute Gasteiger partial charge is 0.310 e. The molecular formula is C20H25FN2O4. The first-order valence-electron chi connectivity index (χ1n) is 9.47. The van der Waals surface area contributed by atoms with Crippen LogP contribution in [-0.2, 0) is 14.3 Å². The van der Waals surface area contributed by atoms with Gasteiger partial charge in [0.05, 0.1) is 23.8 Å². The third kappa shape index (κ3) is 4.46. The zero-order valence-corrected chi connectivity index (χ0v) is 15.7. The number of likely N-dealkylation sites (tertiary alicyclic amines) is 1. The van der Waals surface area contributed by atoms with E-state index < -0.39 is 5.82 Å². The predicted octanol–water partition coefficient (Wildman–Crippen LogP) is 2.84. The molecule has 2 fully saturated rings. The lowest BCUT2D eigenvalue weighted by Crippen LogP contribution is -2.43. The van der Waals surface area contributed by atoms with E-state index in [1.165, 1.54) is 17.0 Å². The second-order valence-corrected chi connectivity index (χ2v) is 7.34. The summed E-state index contributed by atoms with van der Waals surface area (Å²) in [7, 11) is 0. The van der Waals surface area contributed by atoms with Crippen molar-refractivity contribution in [3.05, 3.63) is 29.6 Å². The molecule has 1 saturated heterocycles. The molecule has 0 aromatic heterocycles. The van der Waals surface area contributed by atoms with Gasteiger partial charge in [-0.3, -0.25) is 14.4 Å². The summed E-state index contributed by atoms with van der Waals surface area (Å²) in [6.45, 7) is 4.75. The molecule has 3 atom stereocenters. The maximum absolute atomic E-state index is 13.8. The molecule has 1 saturated carbocycles. The Morgan fingerprint density at radius 1 is 1.33 bits per heavy atom. The minimum atomic E-state index is -0.546. The highest BCUT2D eigenvalue weighted by molar-refractivity contribution is 6.04. The third-order valence-electron chi connectivity index (χ3n) is 5.24. The highest BCUT2D eigenvalue weighted by Gasteiger charge is 2.39. The van der Waals surface area contributed by atoms with E-state index in [0.717, 1.165) is 12.5 Å². The zero-order valence-electron chi connectivity index (χ0n) is 15.7. The molecule has 2 amide bonds. The van der Waals surface area contributed by atoms with Gasteiger partial charge in [0.1, 0.15) is 5.82 Å². The molecule has 0 radical (unpaired) electrons. The number of benzene rings is 1. The number of hydrogen-bond acceptors (Lipinski definition) is 4. The number of carbonyl (C=O) groups is 3. The molecule has 6 nitrogen and oxygen atoms in total. The van der Waals surface area contributed by atoms with Crippen molar-refractivity contribution in [3.63, 3.8) is 0 Å². The predicted molar refractivity (Wildman–Crippen MR) is 97.6 cm³/mol. The van der Waals surface area contributed by atoms with Crippen LogP contribution < -0.4 is 5.32 Å². The van der Waals surface area contributed by atoms with Gasteiger partial charge in [-0.05, 0) is 50.3 Å². The number of amides is 2. The summed E-state index contributed by atoms with van der Waals surface area (Å²) < 4.78 is 18.9. The van der Waals surface area contributed by atoms with Crippen molar-refractivity contribution in [1.82, 2.24) is 4.90 Å². The fraction of sp³-hybridized carbons (Fsp3) is 0.550. The Morgan fingerprint density at radius 3 is 2.74 bits per heavy atom. The van der Waals surface area contributed by atoms with Gasteiger partial charge in [-0.15, -0.1) is 0 Å². The second kappa shape index (κ2) is 8.06. The molecule has 2 aliphatic rings. The van der Waals surface area contributed by atoms with Crippen LogP contribution in [0, 0.1) is 23.6 Å². The highest BCUT2D eigenvalue weighted by atomic mass is 19.1. The van der Waals surface area contributed by atoms with E-state index in [1.807, 2.05) is 6.92 Å². The third-order valence-corrected chi connectivity index (χ3v) is 5.24. The quantitative estimate of drug-likeness (QED) is 0.802. The van der Waals surface area contributed by atoms with Gasteiger partial charge >= 0.3 is 5.97 Å². The van der Waals surface area contributed by atoms with E-state index >= 15 is 0 Å². The van der Waals surface area contributed by atoms with Gasteiger partial charge in [-0.1, -0.05) is 6.92 Å². The minimum Gasteiger partial charge on any atom is -0.466 e. The van der Waals surface area contributed by atoms with Gasteiger partial charge in [0.15, 0.2) is 0 Å². The highest BCUT2D eigenvalue weighted by Crippen LogP contribution is 2.38. The molecule has 0 spiro atoms. The normalized spacial score (nSPS) is 24.3. The molecule has 1 aliphatic heterocycles. The topological polar surface area (TPSA) is 75.7 Å². The number of rotatable bonds is 5. The minimum absolute atomic E-state index is 0.0545. The average Bonchev–Trinajstić information content (AvgIpc) is 3.40. The lowest BCUT2D eigenvalue weighted by molar-refractivity contribution is -0.149. The van der Waals surface area contributed by atoms with Crippen molar-refractivity contribution in [2.45, 2.75) is 33.1 Å². The first kappa shape index (κ1) is 19.3. The summed E-state index contributed by atoms with van der Waals surface area (Å²) in [5.74, 6) is -1.49. The van der Waals surface area contributed by atoms with E-state index in [4.69, 9.17) is 4.74 Å². The van der Waals surface area contributed by atoms with E-state index in [-0.39, 0.29) is 41.7 Å². The second-order valence-electron chi connectivity index (χ2n) is 7.34. The van der Waals surface area contributed by atoms with Gasteiger partial charge in [0, 0.05) is 19.0 Å². The van der Waals surface area contributed by atoms with Crippen LogP contribution in [0.5, 0.6) is 0 Å². The summed E-state index contributed by atoms with van der Waals surface area (Å²) in [5.41, 5.74) is 0.421. The molecule has 0 bridgehead atoms. The van der Waals surface area contributed by atoms with Gasteiger partial charge < -0.3 is 15.0 Å². The van der Waals surface area contributed by atoms with Crippen molar-refractivity contribution in [2.24, 2.45) is 17.8 Å². The standard InChI is InChI=1S/C20H25FN2O4/c1-3-27-20(26)13-5-4-8-23(11-13)19(25)16-10-14(21)6-7-17(16)22-18(24)15-9-12(15)2/h6-7,10,12-13,15H,3-5,8-9,11H2,1-2H3,(H,22,24). The summed E-state index contributed by atoms with van der Waals surface area (Å²) in [4.78, 5) is 38.8. The lowest BCUT2D eigenvalue weighted by Gasteiger charge is -2.32. The Labute approximate surface area is 158 Å². The van der Waals surface area contributed by atoms with Crippen molar-refractivity contribution in [3.8, 4) is 0 Å². The van der Waals surface area contributed by atoms with Gasteiger partial charge in [0.25, 0.3) is 5.91 Å². The van der Waals surface area contributed by atoms with E-state index in [0.29, 0.717) is 37.6 Å². The zero-order chi connectivity index (χ0) is 19.6. The summed E-state index contributed by atoms with van der Waals surface area (Å²) in [6, 6.07) is 3.78. The van der Waals surface area contributed by atoms with Gasteiger partial charge in [0.2, 0.25) is 5.91 Å². The summed E-state index contributed by atoms with van der Waals surface area (Å²) in [5, 5.41) is 2.76. The van der Waals surface area contributed by atoms with E-state index in [2.05, 4.69) is 5.32 Å². The summed E-state index contributed by atoms with van der Waals surface area (Å²) >= 11 is 0. The number of piperidine rings is 1. The fourth-order valence-electron chi connectivity index (χ4n) is 3.50. The average molecular weight is 376 g/mol. The first-order chi connectivity index (χ1) is 12.9. The number of carbonyl (C=O) groups excluding carboxylic acids is 3. The molecule has 1 heterocycles. The molecule has 146 valence electrons. The van der Waals surface area contributed by atoms with Crippen LogP contribution in [0.2, 0.25) is 0 Å². The molecule has 1 aromatic carbocycles. The summed E-state index contributed by atoms with van der Waals surface area (Å²) in [6.07, 6.45) is 2.16. The largest absolute Gasteiger partial charge is 0.466 e. The van der Waals surface area contributed by atoms with Crippen LogP contribution in [0.1, 0.15) is 43.5 Å². The molecule has 7 heteroatoms. The Hall–Kier alpha value is -2.44. The number of ether oxygens (including phenoxy) is 1. The molecular weight excluding hydrogens is 351 g/mol. The van der Waals surface area contributed by atoms with Crippen LogP contribution in [0.4, 0.5) is 10.1 Å². The monoisotopic (exact) mass is 376 g/mol. The Kier molecular flexibility index (Phi) is 5.77. The Morgan fingerprint density at radius 2 is 2.07 bits per heavy atom. The molecule has 3 rings (SSSR count). The Bertz CT molecular complexity index is 751. The number of nitrogens with one attached hydrogen (secondary N) is 1. The van der Waals surface area contributed by atoms with E-state index in [1.54, 1.807) is 6.92 Å². The lowest BCUT2D eigenvalue weighted by atomic mass is 9.97. The van der Waals surface area contributed by atoms with Crippen molar-refractivity contribution in [1.29, 1.82) is 0 Å². The maximum Gasteiger partial charge on any atom is 0.310 e. The number of anilines is 1. The van der Waals surface area contributed by atoms with Crippen LogP contribution in [0.15, 0.2) is 18.2 Å². The molecule has 27 heavy (non-hydrogen) atoms. The van der Waals surface area contributed by atoms with Gasteiger partial charge in [-0.2, -0.15) is 0 Å². The molecule has 1 N–H and O–H groups in total.